The van der Waals surface area contributed by atoms with Gasteiger partial charge in [-0.1, -0.05) is 83.3 Å². The van der Waals surface area contributed by atoms with Gasteiger partial charge in [-0.05, 0) is 121 Å². The second kappa shape index (κ2) is 16.3. The Kier molecular flexibility index (Phi) is 11.2. The highest BCUT2D eigenvalue weighted by molar-refractivity contribution is 8.76. The van der Waals surface area contributed by atoms with Crippen molar-refractivity contribution in [1.82, 2.24) is 4.98 Å². The maximum atomic E-state index is 15.3. The monoisotopic (exact) mass is 896 g/mol. The van der Waals surface area contributed by atoms with E-state index in [4.69, 9.17) is 9.47 Å². The van der Waals surface area contributed by atoms with Crippen molar-refractivity contribution in [1.29, 1.82) is 0 Å². The Bertz CT molecular complexity index is 2360. The first kappa shape index (κ1) is 43.2. The van der Waals surface area contributed by atoms with Crippen molar-refractivity contribution in [2.75, 3.05) is 23.6 Å². The summed E-state index contributed by atoms with van der Waals surface area (Å²) in [5.41, 5.74) is -1.23. The molecule has 4 spiro atoms. The normalized spacial score (nSPS) is 36.0. The molecule has 12 nitrogen and oxygen atoms in total. The number of nitrogens with one attached hydrogen (secondary N) is 1. The molecule has 3 heterocycles. The van der Waals surface area contributed by atoms with Gasteiger partial charge in [0.15, 0.2) is 11.6 Å². The third-order valence-electron chi connectivity index (χ3n) is 16.3. The maximum Gasteiger partial charge on any atom is 0.229 e. The van der Waals surface area contributed by atoms with E-state index in [1.165, 1.54) is 59.8 Å². The average molecular weight is 897 g/mol. The molecule has 5 aliphatic carbocycles. The van der Waals surface area contributed by atoms with E-state index in [9.17, 15) is 35.4 Å². The van der Waals surface area contributed by atoms with Crippen molar-refractivity contribution in [3.05, 3.63) is 112 Å². The van der Waals surface area contributed by atoms with Crippen LogP contribution < -0.4 is 10.1 Å². The van der Waals surface area contributed by atoms with Crippen LogP contribution in [0.4, 0.5) is 5.82 Å². The minimum absolute atomic E-state index is 0.0238. The number of ketones is 2. The number of aliphatic hydroxyl groups is 6. The predicted molar refractivity (Wildman–Crippen MR) is 239 cm³/mol. The summed E-state index contributed by atoms with van der Waals surface area (Å²) in [6, 6.07) is 16.0. The van der Waals surface area contributed by atoms with Crippen molar-refractivity contribution in [2.24, 2.45) is 22.2 Å². The van der Waals surface area contributed by atoms with Gasteiger partial charge in [0, 0.05) is 17.5 Å². The fraction of sp³-hybridized carbons (Fsp3) is 0.531. The number of allylic oxidation sites excluding steroid dienone is 4. The molecule has 334 valence electrons. The summed E-state index contributed by atoms with van der Waals surface area (Å²) in [6.07, 6.45) is 9.39. The number of pyridine rings is 1. The van der Waals surface area contributed by atoms with Gasteiger partial charge in [0.05, 0.1) is 30.6 Å². The molecule has 63 heavy (non-hydrogen) atoms. The number of hydrogen-bond donors (Lipinski definition) is 7. The molecule has 7 N–H and O–H groups in total. The molecule has 1 saturated heterocycles. The van der Waals surface area contributed by atoms with Gasteiger partial charge in [0.2, 0.25) is 6.29 Å². The summed E-state index contributed by atoms with van der Waals surface area (Å²) >= 11 is 0. The summed E-state index contributed by atoms with van der Waals surface area (Å²) in [6.45, 7) is -0.828. The number of carbonyl (C=O) groups is 2. The van der Waals surface area contributed by atoms with Crippen LogP contribution in [0, 0.1) is 22.2 Å². The lowest BCUT2D eigenvalue weighted by atomic mass is 9.59. The largest absolute Gasteiger partial charge is 0.511 e. The van der Waals surface area contributed by atoms with Crippen LogP contribution in [-0.4, -0.2) is 95.6 Å². The molecule has 9 atom stereocenters. The smallest absolute Gasteiger partial charge is 0.229 e. The highest BCUT2D eigenvalue weighted by atomic mass is 33.1. The highest BCUT2D eigenvalue weighted by Gasteiger charge is 2.66. The topological polar surface area (TPSA) is 199 Å². The molecule has 2 aliphatic heterocycles. The number of hydrogen-bond acceptors (Lipinski definition) is 14. The Morgan fingerprint density at radius 1 is 0.857 bits per heavy atom. The molecule has 7 aliphatic rings. The van der Waals surface area contributed by atoms with Gasteiger partial charge in [-0.15, -0.1) is 0 Å². The molecule has 14 heteroatoms. The van der Waals surface area contributed by atoms with E-state index in [0.29, 0.717) is 23.7 Å². The molecule has 0 radical (unpaired) electrons. The number of rotatable bonds is 4. The van der Waals surface area contributed by atoms with E-state index < -0.39 is 65.1 Å². The van der Waals surface area contributed by atoms with E-state index in [0.717, 1.165) is 48.8 Å². The first-order valence-electron chi connectivity index (χ1n) is 22.4. The first-order valence-corrected chi connectivity index (χ1v) is 24.9. The van der Waals surface area contributed by atoms with E-state index in [-0.39, 0.29) is 52.2 Å². The molecule has 10 rings (SSSR count). The van der Waals surface area contributed by atoms with Gasteiger partial charge in [0.25, 0.3) is 0 Å². The zero-order chi connectivity index (χ0) is 43.8. The highest BCUT2D eigenvalue weighted by Crippen LogP contribution is 2.72. The van der Waals surface area contributed by atoms with Crippen LogP contribution in [0.25, 0.3) is 0 Å². The molecular weight excluding hydrogens is 841 g/mol. The molecule has 6 bridgehead atoms. The molecule has 2 aromatic carbocycles. The Labute approximate surface area is 375 Å². The lowest BCUT2D eigenvalue weighted by molar-refractivity contribution is -0.318. The number of Topliss-reactive ketones (excluding diaryl/α,β-unsaturated/α-hetero) is 2. The van der Waals surface area contributed by atoms with E-state index in [1.54, 1.807) is 30.5 Å². The van der Waals surface area contributed by atoms with Crippen LogP contribution in [0.5, 0.6) is 5.75 Å². The Morgan fingerprint density at radius 3 is 2.44 bits per heavy atom. The minimum atomic E-state index is -2.25. The zero-order valence-electron chi connectivity index (χ0n) is 35.2. The molecule has 0 unspecified atom stereocenters. The number of nitrogens with zero attached hydrogens (tertiary/aromatic N) is 1. The maximum absolute atomic E-state index is 15.3. The molecule has 0 amide bonds. The second-order valence-electron chi connectivity index (χ2n) is 19.4. The van der Waals surface area contributed by atoms with E-state index >= 15 is 4.79 Å². The zero-order valence-corrected chi connectivity index (χ0v) is 36.8. The van der Waals surface area contributed by atoms with Crippen molar-refractivity contribution in [2.45, 2.75) is 119 Å². The van der Waals surface area contributed by atoms with E-state index in [2.05, 4.69) is 10.3 Å². The second-order valence-corrected chi connectivity index (χ2v) is 21.8. The third-order valence-corrected chi connectivity index (χ3v) is 18.5. The number of benzene rings is 2. The van der Waals surface area contributed by atoms with Crippen LogP contribution in [0.1, 0.15) is 108 Å². The van der Waals surface area contributed by atoms with Gasteiger partial charge in [0.1, 0.15) is 46.7 Å². The number of aliphatic hydroxyl groups excluding tert-OH is 5. The predicted octanol–water partition coefficient (Wildman–Crippen LogP) is 6.74. The minimum Gasteiger partial charge on any atom is -0.511 e. The fourth-order valence-electron chi connectivity index (χ4n) is 13.2. The summed E-state index contributed by atoms with van der Waals surface area (Å²) in [5, 5.41) is 73.3. The summed E-state index contributed by atoms with van der Waals surface area (Å²) in [5.74, 6) is -1.36. The third kappa shape index (κ3) is 6.84. The average Bonchev–Trinajstić information content (AvgIpc) is 4.02. The molecule has 3 aromatic rings. The van der Waals surface area contributed by atoms with Gasteiger partial charge < -0.3 is 45.4 Å². The fourth-order valence-corrected chi connectivity index (χ4v) is 15.4. The molecule has 3 saturated carbocycles. The molecular formula is C49H56N2O10S2. The Hall–Kier alpha value is -3.73. The molecule has 1 aromatic heterocycles. The van der Waals surface area contributed by atoms with Gasteiger partial charge in [-0.25, -0.2) is 4.98 Å². The summed E-state index contributed by atoms with van der Waals surface area (Å²) in [7, 11) is 2.79. The van der Waals surface area contributed by atoms with Crippen molar-refractivity contribution in [3.63, 3.8) is 0 Å². The quantitative estimate of drug-likeness (QED) is 0.136. The van der Waals surface area contributed by atoms with Crippen LogP contribution >= 0.6 is 21.6 Å². The Morgan fingerprint density at radius 2 is 1.63 bits per heavy atom. The van der Waals surface area contributed by atoms with Gasteiger partial charge >= 0.3 is 0 Å². The van der Waals surface area contributed by atoms with E-state index in [1.807, 2.05) is 36.4 Å². The number of fused-ring (bicyclic) bond motifs is 6. The van der Waals surface area contributed by atoms with Crippen LogP contribution in [0.2, 0.25) is 0 Å². The van der Waals surface area contributed by atoms with Crippen LogP contribution in [0.3, 0.4) is 0 Å². The Balaban J connectivity index is 1.06. The number of ether oxygens (including phenoxy) is 2. The van der Waals surface area contributed by atoms with Crippen LogP contribution in [-0.2, 0) is 23.2 Å². The van der Waals surface area contributed by atoms with Crippen LogP contribution in [0.15, 0.2) is 84.3 Å². The lowest BCUT2D eigenvalue weighted by Gasteiger charge is -2.51. The number of carbonyl (C=O) groups excluding carboxylic acids is 2. The molecule has 4 fully saturated rings. The standard InChI is InChI=1S/C49H56N2O10S2/c52-23-30-7-3-6-29(18-30)19-31-20-34-40(55)33-8-4-9-35-39(33)42(57)48(34,37(54)21-31)27-62-63-28-51-38-22-32(10-17-50-38)45(15-16-47(25-45)14-5-13-46(47)11-1-2-12-46)26-49(59)41(56)36(24-53)61-44(60-35)43(49)58/h3-4,6-10,17-18,20-22,34,36,41,43-44,52-54,56,58-59H,1-2,5,11-16,19,23-28H2,(H,50,51)/t34-,36-,41-,43+,44-,45-,47+,48+,49+/m1/s1. The SMILES string of the molecule is O=C1c2cccc3c2C(=O)[C@]2(CSSCNc4cc(ccn4)[C@@]4(CC[C@@]5(CCCC56CCCC6)C4)C[C@]4(O)[C@H](O)[C@@H](CO)O[C@@H](O3)[C@@H]4O)C(O)=CC(Cc3cccc(CO)c3)=C[C@H]12. The number of aromatic nitrogens is 1. The van der Waals surface area contributed by atoms with Crippen molar-refractivity contribution < 1.29 is 49.7 Å². The summed E-state index contributed by atoms with van der Waals surface area (Å²) < 4.78 is 12.5. The number of anilines is 1. The lowest BCUT2D eigenvalue weighted by Crippen LogP contribution is -2.69. The first-order chi connectivity index (χ1) is 30.4. The van der Waals surface area contributed by atoms with Gasteiger partial charge in [-0.3, -0.25) is 9.59 Å². The van der Waals surface area contributed by atoms with Crippen molar-refractivity contribution in [3.8, 4) is 5.75 Å². The van der Waals surface area contributed by atoms with Crippen molar-refractivity contribution >= 4 is 39.0 Å². The summed E-state index contributed by atoms with van der Waals surface area (Å²) in [4.78, 5) is 34.8. The van der Waals surface area contributed by atoms with Gasteiger partial charge in [-0.2, -0.15) is 0 Å².